The maximum Gasteiger partial charge on any atom is 0.231 e. The van der Waals surface area contributed by atoms with Crippen molar-refractivity contribution >= 4 is 32.4 Å². The van der Waals surface area contributed by atoms with Crippen LogP contribution < -0.4 is 23.7 Å². The molecule has 136 valence electrons. The van der Waals surface area contributed by atoms with Gasteiger partial charge in [0.1, 0.15) is 0 Å². The quantitative estimate of drug-likeness (QED) is 0.506. The highest BCUT2D eigenvalue weighted by Gasteiger charge is 2.20. The molecule has 0 radical (unpaired) electrons. The van der Waals surface area contributed by atoms with E-state index in [1.165, 1.54) is 0 Å². The van der Waals surface area contributed by atoms with E-state index in [1.807, 2.05) is 24.3 Å². The summed E-state index contributed by atoms with van der Waals surface area (Å²) in [6.07, 6.45) is 0. The summed E-state index contributed by atoms with van der Waals surface area (Å²) in [5, 5.41) is 4.77. The number of rotatable bonds is 3. The third-order valence-corrected chi connectivity index (χ3v) is 4.94. The number of ether oxygens (including phenoxy) is 5. The topological polar surface area (TPSA) is 59.0 Å². The van der Waals surface area contributed by atoms with E-state index >= 15 is 0 Å². The molecule has 0 spiro atoms. The Bertz CT molecular complexity index is 1220. The Labute approximate surface area is 155 Å². The molecule has 6 nitrogen and oxygen atoms in total. The molecule has 1 aromatic heterocycles. The van der Waals surface area contributed by atoms with Gasteiger partial charge in [-0.25, -0.2) is 4.98 Å². The molecule has 0 N–H and O–H groups in total. The van der Waals surface area contributed by atoms with Crippen molar-refractivity contribution in [2.45, 2.75) is 0 Å². The second-order valence-electron chi connectivity index (χ2n) is 6.23. The maximum absolute atomic E-state index is 5.62. The van der Waals surface area contributed by atoms with Gasteiger partial charge in [0.15, 0.2) is 23.0 Å². The van der Waals surface area contributed by atoms with Gasteiger partial charge in [0, 0.05) is 16.2 Å². The van der Waals surface area contributed by atoms with Crippen molar-refractivity contribution in [3.63, 3.8) is 0 Å². The molecule has 0 saturated carbocycles. The molecule has 0 saturated heterocycles. The molecule has 0 atom stereocenters. The van der Waals surface area contributed by atoms with Crippen LogP contribution in [0.2, 0.25) is 0 Å². The fraction of sp³-hybridized carbons (Fsp3) is 0.190. The second-order valence-corrected chi connectivity index (χ2v) is 6.23. The van der Waals surface area contributed by atoms with Crippen molar-refractivity contribution in [1.82, 2.24) is 4.98 Å². The van der Waals surface area contributed by atoms with Crippen molar-refractivity contribution in [2.75, 3.05) is 28.1 Å². The van der Waals surface area contributed by atoms with E-state index in [0.717, 1.165) is 43.9 Å². The van der Waals surface area contributed by atoms with Gasteiger partial charge in [0.2, 0.25) is 12.7 Å². The Morgan fingerprint density at radius 1 is 0.815 bits per heavy atom. The Morgan fingerprint density at radius 2 is 1.59 bits per heavy atom. The maximum atomic E-state index is 5.62. The molecule has 0 unspecified atom stereocenters. The fourth-order valence-electron chi connectivity index (χ4n) is 3.70. The number of pyridine rings is 1. The first-order chi connectivity index (χ1) is 13.2. The third kappa shape index (κ3) is 2.16. The van der Waals surface area contributed by atoms with Gasteiger partial charge in [0.25, 0.3) is 0 Å². The van der Waals surface area contributed by atoms with Gasteiger partial charge in [-0.3, -0.25) is 0 Å². The SMILES string of the molecule is COc1ccc2c(c(OC)nc3c4cc5c(cc4ccc23)OCO5)c1OC. The van der Waals surface area contributed by atoms with Crippen molar-refractivity contribution in [3.05, 3.63) is 36.4 Å². The average Bonchev–Trinajstić information content (AvgIpc) is 3.17. The Morgan fingerprint density at radius 3 is 2.33 bits per heavy atom. The lowest BCUT2D eigenvalue weighted by molar-refractivity contribution is 0.174. The van der Waals surface area contributed by atoms with Crippen LogP contribution in [0.4, 0.5) is 0 Å². The van der Waals surface area contributed by atoms with Gasteiger partial charge in [0.05, 0.1) is 32.2 Å². The minimum atomic E-state index is 0.236. The number of fused-ring (bicyclic) bond motifs is 6. The van der Waals surface area contributed by atoms with Crippen molar-refractivity contribution < 1.29 is 23.7 Å². The van der Waals surface area contributed by atoms with E-state index in [-0.39, 0.29) is 6.79 Å². The minimum absolute atomic E-state index is 0.236. The monoisotopic (exact) mass is 363 g/mol. The van der Waals surface area contributed by atoms with Crippen LogP contribution in [-0.4, -0.2) is 33.1 Å². The summed E-state index contributed by atoms with van der Waals surface area (Å²) >= 11 is 0. The van der Waals surface area contributed by atoms with Crippen LogP contribution in [-0.2, 0) is 0 Å². The summed E-state index contributed by atoms with van der Waals surface area (Å²) in [5.74, 6) is 3.20. The predicted molar refractivity (Wildman–Crippen MR) is 103 cm³/mol. The van der Waals surface area contributed by atoms with Gasteiger partial charge in [-0.1, -0.05) is 12.1 Å². The molecule has 1 aliphatic heterocycles. The van der Waals surface area contributed by atoms with E-state index in [2.05, 4.69) is 12.1 Å². The lowest BCUT2D eigenvalue weighted by atomic mass is 10.00. The van der Waals surface area contributed by atoms with E-state index in [4.69, 9.17) is 28.7 Å². The number of benzene rings is 3. The standard InChI is InChI=1S/C21H17NO5/c1-23-15-7-6-12-13-5-4-11-8-16-17(27-10-26-16)9-14(11)19(13)22-21(25-3)18(12)20(15)24-2/h4-9H,10H2,1-3H3. The molecule has 0 aliphatic carbocycles. The average molecular weight is 363 g/mol. The Kier molecular flexibility index (Phi) is 3.40. The van der Waals surface area contributed by atoms with Crippen LogP contribution in [0.1, 0.15) is 0 Å². The minimum Gasteiger partial charge on any atom is -0.493 e. The lowest BCUT2D eigenvalue weighted by Crippen LogP contribution is -1.97. The van der Waals surface area contributed by atoms with E-state index in [9.17, 15) is 0 Å². The summed E-state index contributed by atoms with van der Waals surface area (Å²) < 4.78 is 27.7. The highest BCUT2D eigenvalue weighted by molar-refractivity contribution is 6.18. The van der Waals surface area contributed by atoms with Gasteiger partial charge < -0.3 is 23.7 Å². The highest BCUT2D eigenvalue weighted by atomic mass is 16.7. The van der Waals surface area contributed by atoms with Gasteiger partial charge in [-0.2, -0.15) is 0 Å². The van der Waals surface area contributed by atoms with Crippen molar-refractivity contribution in [2.24, 2.45) is 0 Å². The number of hydrogen-bond donors (Lipinski definition) is 0. The smallest absolute Gasteiger partial charge is 0.231 e. The molecule has 3 aromatic carbocycles. The molecule has 2 heterocycles. The molecular formula is C21H17NO5. The zero-order valence-corrected chi connectivity index (χ0v) is 15.2. The van der Waals surface area contributed by atoms with Crippen LogP contribution >= 0.6 is 0 Å². The van der Waals surface area contributed by atoms with Gasteiger partial charge in [-0.05, 0) is 29.7 Å². The van der Waals surface area contributed by atoms with Crippen LogP contribution in [0, 0.1) is 0 Å². The van der Waals surface area contributed by atoms with Crippen LogP contribution in [0.3, 0.4) is 0 Å². The summed E-state index contributed by atoms with van der Waals surface area (Å²) in [4.78, 5) is 4.81. The zero-order valence-electron chi connectivity index (χ0n) is 15.2. The first-order valence-corrected chi connectivity index (χ1v) is 8.50. The van der Waals surface area contributed by atoms with E-state index < -0.39 is 0 Å². The van der Waals surface area contributed by atoms with Crippen LogP contribution in [0.5, 0.6) is 28.9 Å². The largest absolute Gasteiger partial charge is 0.493 e. The second kappa shape index (κ2) is 5.81. The first kappa shape index (κ1) is 15.8. The van der Waals surface area contributed by atoms with E-state index in [0.29, 0.717) is 17.4 Å². The summed E-state index contributed by atoms with van der Waals surface area (Å²) in [5.41, 5.74) is 0.836. The first-order valence-electron chi connectivity index (χ1n) is 8.50. The Hall–Kier alpha value is -3.41. The zero-order chi connectivity index (χ0) is 18.5. The molecule has 1 aliphatic rings. The molecule has 4 aromatic rings. The van der Waals surface area contributed by atoms with Crippen LogP contribution in [0.25, 0.3) is 32.4 Å². The normalized spacial score (nSPS) is 12.7. The van der Waals surface area contributed by atoms with Crippen molar-refractivity contribution in [3.8, 4) is 28.9 Å². The van der Waals surface area contributed by atoms with Crippen LogP contribution in [0.15, 0.2) is 36.4 Å². The summed E-state index contributed by atoms with van der Waals surface area (Å²) in [6.45, 7) is 0.236. The molecule has 0 amide bonds. The summed E-state index contributed by atoms with van der Waals surface area (Å²) in [7, 11) is 4.83. The molecule has 5 rings (SSSR count). The number of methoxy groups -OCH3 is 3. The van der Waals surface area contributed by atoms with Gasteiger partial charge >= 0.3 is 0 Å². The number of aromatic nitrogens is 1. The molecule has 6 heteroatoms. The van der Waals surface area contributed by atoms with Crippen molar-refractivity contribution in [1.29, 1.82) is 0 Å². The summed E-state index contributed by atoms with van der Waals surface area (Å²) in [6, 6.07) is 12.0. The fourth-order valence-corrected chi connectivity index (χ4v) is 3.70. The predicted octanol–water partition coefficient (Wildman–Crippen LogP) is 4.30. The number of nitrogens with zero attached hydrogens (tertiary/aromatic N) is 1. The lowest BCUT2D eigenvalue weighted by Gasteiger charge is -2.15. The highest BCUT2D eigenvalue weighted by Crippen LogP contribution is 2.45. The molecule has 27 heavy (non-hydrogen) atoms. The third-order valence-electron chi connectivity index (χ3n) is 4.94. The van der Waals surface area contributed by atoms with E-state index in [1.54, 1.807) is 21.3 Å². The Balaban J connectivity index is 1.95. The molecule has 0 bridgehead atoms. The molecular weight excluding hydrogens is 346 g/mol. The van der Waals surface area contributed by atoms with Gasteiger partial charge in [-0.15, -0.1) is 0 Å². The number of hydrogen-bond acceptors (Lipinski definition) is 6. The molecule has 0 fully saturated rings.